The van der Waals surface area contributed by atoms with Crippen LogP contribution in [0.4, 0.5) is 0 Å². The van der Waals surface area contributed by atoms with Gasteiger partial charge in [0.25, 0.3) is 11.8 Å². The van der Waals surface area contributed by atoms with Gasteiger partial charge in [0, 0.05) is 0 Å². The Balaban J connectivity index is 1.61. The van der Waals surface area contributed by atoms with E-state index in [9.17, 15) is 14.4 Å². The summed E-state index contributed by atoms with van der Waals surface area (Å²) >= 11 is 1.32. The topological polar surface area (TPSA) is 124 Å². The number of amides is 2. The molecule has 0 saturated heterocycles. The van der Waals surface area contributed by atoms with Crippen molar-refractivity contribution >= 4 is 23.2 Å². The van der Waals surface area contributed by atoms with E-state index in [1.807, 2.05) is 0 Å². The number of hydrazine groups is 1. The summed E-state index contributed by atoms with van der Waals surface area (Å²) in [6.45, 7) is 2.98. The van der Waals surface area contributed by atoms with Crippen LogP contribution in [0.1, 0.15) is 21.9 Å². The SMILES string of the molecule is Cc1cc(C(=O)NNC(=O)Cn2nnn(-c3cccs3)c2=O)c(C)o1. The van der Waals surface area contributed by atoms with E-state index in [2.05, 4.69) is 21.3 Å². The minimum atomic E-state index is -0.619. The first-order chi connectivity index (χ1) is 12.0. The maximum absolute atomic E-state index is 12.1. The second-order valence-electron chi connectivity index (χ2n) is 5.11. The minimum absolute atomic E-state index is 0.318. The smallest absolute Gasteiger partial charge is 0.369 e. The van der Waals surface area contributed by atoms with Gasteiger partial charge in [0.1, 0.15) is 23.1 Å². The van der Waals surface area contributed by atoms with E-state index in [0.29, 0.717) is 22.1 Å². The molecule has 0 aromatic carbocycles. The molecule has 3 aromatic rings. The van der Waals surface area contributed by atoms with Crippen LogP contribution in [0.3, 0.4) is 0 Å². The number of nitrogens with zero attached hydrogens (tertiary/aromatic N) is 4. The summed E-state index contributed by atoms with van der Waals surface area (Å²) in [6, 6.07) is 5.04. The van der Waals surface area contributed by atoms with E-state index in [1.54, 1.807) is 37.4 Å². The molecule has 0 fully saturated rings. The number of hydrogen-bond donors (Lipinski definition) is 2. The molecule has 0 radical (unpaired) electrons. The molecule has 0 bridgehead atoms. The lowest BCUT2D eigenvalue weighted by molar-refractivity contribution is -0.122. The number of rotatable bonds is 4. The Morgan fingerprint density at radius 3 is 2.72 bits per heavy atom. The molecule has 25 heavy (non-hydrogen) atoms. The van der Waals surface area contributed by atoms with Gasteiger partial charge in [-0.25, -0.2) is 4.79 Å². The third-order valence-electron chi connectivity index (χ3n) is 3.25. The van der Waals surface area contributed by atoms with Crippen LogP contribution < -0.4 is 16.5 Å². The Hall–Kier alpha value is -3.21. The molecule has 3 rings (SSSR count). The second kappa shape index (κ2) is 6.73. The molecule has 0 aliphatic heterocycles. The third-order valence-corrected chi connectivity index (χ3v) is 4.09. The van der Waals surface area contributed by atoms with Crippen LogP contribution in [0.15, 0.2) is 32.8 Å². The van der Waals surface area contributed by atoms with E-state index < -0.39 is 17.5 Å². The quantitative estimate of drug-likeness (QED) is 0.637. The fourth-order valence-electron chi connectivity index (χ4n) is 2.13. The van der Waals surface area contributed by atoms with Gasteiger partial charge in [-0.1, -0.05) is 0 Å². The zero-order valence-corrected chi connectivity index (χ0v) is 14.2. The number of aromatic nitrogens is 4. The van der Waals surface area contributed by atoms with Crippen molar-refractivity contribution in [1.29, 1.82) is 0 Å². The number of furan rings is 1. The number of carbonyl (C=O) groups excluding carboxylic acids is 2. The van der Waals surface area contributed by atoms with Crippen LogP contribution >= 0.6 is 11.3 Å². The van der Waals surface area contributed by atoms with Crippen LogP contribution in [0.25, 0.3) is 5.00 Å². The van der Waals surface area contributed by atoms with Gasteiger partial charge < -0.3 is 4.42 Å². The fraction of sp³-hybridized carbons (Fsp3) is 0.214. The van der Waals surface area contributed by atoms with Gasteiger partial charge in [-0.3, -0.25) is 20.4 Å². The minimum Gasteiger partial charge on any atom is -0.466 e. The van der Waals surface area contributed by atoms with E-state index >= 15 is 0 Å². The second-order valence-corrected chi connectivity index (χ2v) is 6.04. The van der Waals surface area contributed by atoms with E-state index in [4.69, 9.17) is 4.42 Å². The first-order valence-electron chi connectivity index (χ1n) is 7.18. The lowest BCUT2D eigenvalue weighted by Gasteiger charge is -2.05. The van der Waals surface area contributed by atoms with Crippen LogP contribution in [-0.4, -0.2) is 31.6 Å². The molecule has 130 valence electrons. The number of tetrazole rings is 1. The van der Waals surface area contributed by atoms with Gasteiger partial charge in [0.05, 0.1) is 5.56 Å². The highest BCUT2D eigenvalue weighted by Gasteiger charge is 2.16. The van der Waals surface area contributed by atoms with Crippen molar-refractivity contribution in [3.8, 4) is 5.00 Å². The number of nitrogens with one attached hydrogen (secondary N) is 2. The molecule has 11 heteroatoms. The monoisotopic (exact) mass is 362 g/mol. The Morgan fingerprint density at radius 1 is 1.28 bits per heavy atom. The van der Waals surface area contributed by atoms with Gasteiger partial charge in [0.15, 0.2) is 0 Å². The van der Waals surface area contributed by atoms with Crippen LogP contribution in [0.5, 0.6) is 0 Å². The fourth-order valence-corrected chi connectivity index (χ4v) is 2.80. The summed E-state index contributed by atoms with van der Waals surface area (Å²) in [5.74, 6) is -0.103. The molecule has 0 aliphatic rings. The Morgan fingerprint density at radius 2 is 2.08 bits per heavy atom. The summed E-state index contributed by atoms with van der Waals surface area (Å²) in [4.78, 5) is 36.0. The average molecular weight is 362 g/mol. The maximum atomic E-state index is 12.1. The molecule has 0 atom stereocenters. The van der Waals surface area contributed by atoms with Crippen molar-refractivity contribution < 1.29 is 14.0 Å². The molecule has 0 aliphatic carbocycles. The lowest BCUT2D eigenvalue weighted by atomic mass is 10.2. The molecule has 3 aromatic heterocycles. The molecule has 2 N–H and O–H groups in total. The Kier molecular flexibility index (Phi) is 4.48. The predicted molar refractivity (Wildman–Crippen MR) is 87.3 cm³/mol. The zero-order chi connectivity index (χ0) is 18.0. The predicted octanol–water partition coefficient (Wildman–Crippen LogP) is 0.162. The van der Waals surface area contributed by atoms with Crippen LogP contribution in [-0.2, 0) is 11.3 Å². The number of hydrogen-bond acceptors (Lipinski definition) is 7. The number of thiophene rings is 1. The van der Waals surface area contributed by atoms with Gasteiger partial charge in [0.2, 0.25) is 0 Å². The molecule has 0 saturated carbocycles. The number of carbonyl (C=O) groups is 2. The van der Waals surface area contributed by atoms with Crippen molar-refractivity contribution in [2.75, 3.05) is 0 Å². The van der Waals surface area contributed by atoms with Gasteiger partial charge in [-0.2, -0.15) is 9.36 Å². The highest BCUT2D eigenvalue weighted by atomic mass is 32.1. The van der Waals surface area contributed by atoms with Crippen molar-refractivity contribution in [2.24, 2.45) is 0 Å². The summed E-state index contributed by atoms with van der Waals surface area (Å²) < 4.78 is 7.24. The van der Waals surface area contributed by atoms with Gasteiger partial charge >= 0.3 is 5.69 Å². The Bertz CT molecular complexity index is 968. The van der Waals surface area contributed by atoms with Crippen LogP contribution in [0, 0.1) is 13.8 Å². The largest absolute Gasteiger partial charge is 0.466 e. The van der Waals surface area contributed by atoms with E-state index in [1.165, 1.54) is 11.3 Å². The summed E-state index contributed by atoms with van der Waals surface area (Å²) in [6.07, 6.45) is 0. The van der Waals surface area contributed by atoms with Crippen molar-refractivity contribution in [3.05, 3.63) is 51.1 Å². The highest BCUT2D eigenvalue weighted by Crippen LogP contribution is 2.13. The zero-order valence-electron chi connectivity index (χ0n) is 13.3. The van der Waals surface area contributed by atoms with Crippen LogP contribution in [0.2, 0.25) is 0 Å². The van der Waals surface area contributed by atoms with Crippen molar-refractivity contribution in [3.63, 3.8) is 0 Å². The normalized spacial score (nSPS) is 10.6. The summed E-state index contributed by atoms with van der Waals surface area (Å²) in [5, 5.41) is 9.75. The van der Waals surface area contributed by atoms with Gasteiger partial charge in [-0.15, -0.1) is 11.3 Å². The molecule has 10 nitrogen and oxygen atoms in total. The highest BCUT2D eigenvalue weighted by molar-refractivity contribution is 7.12. The third kappa shape index (κ3) is 3.50. The molecular formula is C14H14N6O4S. The molecular weight excluding hydrogens is 348 g/mol. The van der Waals surface area contributed by atoms with E-state index in [-0.39, 0.29) is 6.54 Å². The standard InChI is InChI=1S/C14H14N6O4S/c1-8-6-10(9(2)24-8)13(22)16-15-11(21)7-19-14(23)20(18-17-19)12-4-3-5-25-12/h3-6H,7H2,1-2H3,(H,15,21)(H,16,22). The number of aryl methyl sites for hydroxylation is 2. The Labute approximate surface area is 145 Å². The molecule has 3 heterocycles. The first-order valence-corrected chi connectivity index (χ1v) is 8.06. The van der Waals surface area contributed by atoms with Crippen molar-refractivity contribution in [1.82, 2.24) is 30.6 Å². The lowest BCUT2D eigenvalue weighted by Crippen LogP contribution is -2.44. The first kappa shape index (κ1) is 16.6. The summed E-state index contributed by atoms with van der Waals surface area (Å²) in [7, 11) is 0. The maximum Gasteiger partial charge on any atom is 0.369 e. The van der Waals surface area contributed by atoms with Crippen molar-refractivity contribution in [2.45, 2.75) is 20.4 Å². The van der Waals surface area contributed by atoms with E-state index in [0.717, 1.165) is 9.36 Å². The molecule has 0 unspecified atom stereocenters. The molecule has 0 spiro atoms. The summed E-state index contributed by atoms with van der Waals surface area (Å²) in [5.41, 5.74) is 4.25. The van der Waals surface area contributed by atoms with Gasteiger partial charge in [-0.05, 0) is 47.9 Å². The molecule has 2 amide bonds. The average Bonchev–Trinajstić information content (AvgIpc) is 3.27.